The van der Waals surface area contributed by atoms with E-state index in [2.05, 4.69) is 40.0 Å². The summed E-state index contributed by atoms with van der Waals surface area (Å²) >= 11 is 2.33. The summed E-state index contributed by atoms with van der Waals surface area (Å²) in [6.07, 6.45) is 0. The second-order valence-corrected chi connectivity index (χ2v) is 3.62. The number of halogens is 1. The first-order chi connectivity index (χ1) is 6.22. The van der Waals surface area contributed by atoms with E-state index in [0.717, 1.165) is 9.99 Å². The smallest absolute Gasteiger partial charge is 0.217 e. The van der Waals surface area contributed by atoms with E-state index in [-0.39, 0.29) is 5.91 Å². The van der Waals surface area contributed by atoms with Crippen LogP contribution in [0.2, 0.25) is 0 Å². The number of amides is 1. The van der Waals surface area contributed by atoms with Gasteiger partial charge in [-0.15, -0.1) is 0 Å². The maximum absolute atomic E-state index is 10.6. The summed E-state index contributed by atoms with van der Waals surface area (Å²) in [6.45, 7) is 2.15. The topological polar surface area (TPSA) is 29.1 Å². The molecule has 0 atom stereocenters. The fourth-order valence-corrected chi connectivity index (χ4v) is 1.48. The quantitative estimate of drug-likeness (QED) is 0.671. The Morgan fingerprint density at radius 3 is 2.31 bits per heavy atom. The molecule has 0 bridgehead atoms. The van der Waals surface area contributed by atoms with Crippen LogP contribution in [0.4, 0.5) is 0 Å². The molecule has 0 unspecified atom stereocenters. The molecule has 0 aromatic heterocycles. The van der Waals surface area contributed by atoms with Crippen LogP contribution in [-0.4, -0.2) is 5.91 Å². The van der Waals surface area contributed by atoms with Crippen molar-refractivity contribution >= 4 is 28.5 Å². The molecule has 1 amide bonds. The van der Waals surface area contributed by atoms with E-state index in [1.165, 1.54) is 12.5 Å². The highest BCUT2D eigenvalue weighted by molar-refractivity contribution is 14.1. The Labute approximate surface area is 91.9 Å². The van der Waals surface area contributed by atoms with Crippen molar-refractivity contribution in [1.82, 2.24) is 5.32 Å². The van der Waals surface area contributed by atoms with Gasteiger partial charge in [-0.25, -0.2) is 0 Å². The zero-order valence-electron chi connectivity index (χ0n) is 7.51. The third-order valence-corrected chi connectivity index (χ3v) is 2.60. The first kappa shape index (κ1) is 10.5. The minimum Gasteiger partial charge on any atom is -0.352 e. The van der Waals surface area contributed by atoms with Gasteiger partial charge in [0.1, 0.15) is 0 Å². The van der Waals surface area contributed by atoms with Crippen molar-refractivity contribution in [3.8, 4) is 0 Å². The average molecular weight is 289 g/mol. The SMILES string of the molecule is CC(=O)NCc1ccc(CI)cc1. The predicted octanol–water partition coefficient (Wildman–Crippen LogP) is 2.26. The predicted molar refractivity (Wildman–Crippen MR) is 61.7 cm³/mol. The average Bonchev–Trinajstić information content (AvgIpc) is 2.15. The number of nitrogens with one attached hydrogen (secondary N) is 1. The lowest BCUT2D eigenvalue weighted by molar-refractivity contribution is -0.119. The normalized spacial score (nSPS) is 9.69. The standard InChI is InChI=1S/C10H12INO/c1-8(13)12-7-10-4-2-9(6-11)3-5-10/h2-5H,6-7H2,1H3,(H,12,13). The summed E-state index contributed by atoms with van der Waals surface area (Å²) < 4.78 is 1.03. The Hall–Kier alpha value is -0.580. The lowest BCUT2D eigenvalue weighted by atomic mass is 10.1. The maximum Gasteiger partial charge on any atom is 0.217 e. The second kappa shape index (κ2) is 5.21. The molecule has 1 aromatic carbocycles. The Balaban J connectivity index is 2.54. The van der Waals surface area contributed by atoms with Crippen LogP contribution in [-0.2, 0) is 15.8 Å². The third kappa shape index (κ3) is 3.76. The molecule has 0 radical (unpaired) electrons. The van der Waals surface area contributed by atoms with Gasteiger partial charge in [-0.2, -0.15) is 0 Å². The molecule has 0 fully saturated rings. The molecule has 0 heterocycles. The summed E-state index contributed by atoms with van der Waals surface area (Å²) in [6, 6.07) is 8.26. The highest BCUT2D eigenvalue weighted by atomic mass is 127. The molecular weight excluding hydrogens is 277 g/mol. The van der Waals surface area contributed by atoms with E-state index in [1.807, 2.05) is 12.1 Å². The monoisotopic (exact) mass is 289 g/mol. The minimum absolute atomic E-state index is 0.0120. The maximum atomic E-state index is 10.6. The first-order valence-corrected chi connectivity index (χ1v) is 5.63. The summed E-state index contributed by atoms with van der Waals surface area (Å²) in [5.74, 6) is 0.0120. The van der Waals surface area contributed by atoms with Crippen LogP contribution < -0.4 is 5.32 Å². The largest absolute Gasteiger partial charge is 0.352 e. The lowest BCUT2D eigenvalue weighted by Gasteiger charge is -2.02. The van der Waals surface area contributed by atoms with Gasteiger partial charge < -0.3 is 5.32 Å². The molecule has 0 saturated carbocycles. The van der Waals surface area contributed by atoms with Gasteiger partial charge in [0.15, 0.2) is 0 Å². The lowest BCUT2D eigenvalue weighted by Crippen LogP contribution is -2.18. The summed E-state index contributed by atoms with van der Waals surface area (Å²) in [5.41, 5.74) is 2.45. The van der Waals surface area contributed by atoms with Crippen molar-refractivity contribution in [2.45, 2.75) is 17.9 Å². The zero-order chi connectivity index (χ0) is 9.68. The molecule has 0 saturated heterocycles. The van der Waals surface area contributed by atoms with Gasteiger partial charge in [0.2, 0.25) is 5.91 Å². The van der Waals surface area contributed by atoms with Crippen LogP contribution in [0.25, 0.3) is 0 Å². The highest BCUT2D eigenvalue weighted by Crippen LogP contribution is 2.07. The number of rotatable bonds is 3. The molecule has 0 spiro atoms. The Bertz CT molecular complexity index is 281. The minimum atomic E-state index is 0.0120. The molecule has 1 aromatic rings. The highest BCUT2D eigenvalue weighted by Gasteiger charge is 1.94. The van der Waals surface area contributed by atoms with Crippen LogP contribution in [0, 0.1) is 0 Å². The van der Waals surface area contributed by atoms with E-state index in [4.69, 9.17) is 0 Å². The summed E-state index contributed by atoms with van der Waals surface area (Å²) in [5, 5.41) is 2.76. The number of carbonyl (C=O) groups is 1. The molecule has 2 nitrogen and oxygen atoms in total. The molecule has 70 valence electrons. The van der Waals surface area contributed by atoms with Crippen molar-refractivity contribution < 1.29 is 4.79 Å². The zero-order valence-corrected chi connectivity index (χ0v) is 9.67. The van der Waals surface area contributed by atoms with E-state index in [9.17, 15) is 4.79 Å². The molecule has 3 heteroatoms. The fraction of sp³-hybridized carbons (Fsp3) is 0.300. The first-order valence-electron chi connectivity index (χ1n) is 4.10. The van der Waals surface area contributed by atoms with Crippen LogP contribution in [0.5, 0.6) is 0 Å². The Morgan fingerprint density at radius 1 is 1.31 bits per heavy atom. The van der Waals surface area contributed by atoms with Gasteiger partial charge >= 0.3 is 0 Å². The summed E-state index contributed by atoms with van der Waals surface area (Å²) in [7, 11) is 0. The van der Waals surface area contributed by atoms with Gasteiger partial charge in [-0.1, -0.05) is 46.9 Å². The number of hydrogen-bond donors (Lipinski definition) is 1. The van der Waals surface area contributed by atoms with Gasteiger partial charge in [-0.3, -0.25) is 4.79 Å². The van der Waals surface area contributed by atoms with Crippen molar-refractivity contribution in [2.24, 2.45) is 0 Å². The van der Waals surface area contributed by atoms with Crippen LogP contribution in [0.15, 0.2) is 24.3 Å². The molecule has 13 heavy (non-hydrogen) atoms. The Kier molecular flexibility index (Phi) is 4.21. The van der Waals surface area contributed by atoms with Crippen molar-refractivity contribution in [3.05, 3.63) is 35.4 Å². The summed E-state index contributed by atoms with van der Waals surface area (Å²) in [4.78, 5) is 10.6. The molecule has 0 aliphatic rings. The van der Waals surface area contributed by atoms with Crippen molar-refractivity contribution in [2.75, 3.05) is 0 Å². The van der Waals surface area contributed by atoms with Crippen LogP contribution in [0.1, 0.15) is 18.1 Å². The molecule has 0 aliphatic carbocycles. The van der Waals surface area contributed by atoms with E-state index >= 15 is 0 Å². The van der Waals surface area contributed by atoms with Gasteiger partial charge in [0, 0.05) is 17.9 Å². The molecule has 1 N–H and O–H groups in total. The third-order valence-electron chi connectivity index (χ3n) is 1.72. The fourth-order valence-electron chi connectivity index (χ4n) is 0.973. The number of carbonyl (C=O) groups excluding carboxylic acids is 1. The van der Waals surface area contributed by atoms with E-state index in [1.54, 1.807) is 0 Å². The van der Waals surface area contributed by atoms with Gasteiger partial charge in [0.25, 0.3) is 0 Å². The van der Waals surface area contributed by atoms with E-state index in [0.29, 0.717) is 6.54 Å². The second-order valence-electron chi connectivity index (χ2n) is 2.86. The van der Waals surface area contributed by atoms with Crippen LogP contribution >= 0.6 is 22.6 Å². The molecule has 1 rings (SSSR count). The Morgan fingerprint density at radius 2 is 1.85 bits per heavy atom. The van der Waals surface area contributed by atoms with Crippen molar-refractivity contribution in [3.63, 3.8) is 0 Å². The molecule has 0 aliphatic heterocycles. The number of hydrogen-bond acceptors (Lipinski definition) is 1. The number of alkyl halides is 1. The van der Waals surface area contributed by atoms with E-state index < -0.39 is 0 Å². The van der Waals surface area contributed by atoms with Crippen molar-refractivity contribution in [1.29, 1.82) is 0 Å². The number of benzene rings is 1. The van der Waals surface area contributed by atoms with Gasteiger partial charge in [0.05, 0.1) is 0 Å². The van der Waals surface area contributed by atoms with Crippen LogP contribution in [0.3, 0.4) is 0 Å². The van der Waals surface area contributed by atoms with Gasteiger partial charge in [-0.05, 0) is 11.1 Å². The molecular formula is C10H12INO.